The Morgan fingerprint density at radius 3 is 2.84 bits per heavy atom. The highest BCUT2D eigenvalue weighted by atomic mass is 16.3. The van der Waals surface area contributed by atoms with E-state index in [1.807, 2.05) is 39.3 Å². The zero-order valence-corrected chi connectivity index (χ0v) is 12.0. The average Bonchev–Trinajstić information content (AvgIpc) is 2.83. The predicted octanol–water partition coefficient (Wildman–Crippen LogP) is 2.90. The third kappa shape index (κ3) is 3.15. The Labute approximate surface area is 114 Å². The van der Waals surface area contributed by atoms with Crippen LogP contribution in [-0.4, -0.2) is 19.1 Å². The zero-order valence-electron chi connectivity index (χ0n) is 12.0. The molecule has 0 aliphatic heterocycles. The molecule has 0 radical (unpaired) electrons. The summed E-state index contributed by atoms with van der Waals surface area (Å²) in [6.45, 7) is 4.92. The van der Waals surface area contributed by atoms with Gasteiger partial charge in [0.1, 0.15) is 11.6 Å². The molecule has 1 atom stereocenters. The molecule has 2 rings (SSSR count). The first-order valence-corrected chi connectivity index (χ1v) is 6.49. The van der Waals surface area contributed by atoms with Gasteiger partial charge in [0.2, 0.25) is 0 Å². The van der Waals surface area contributed by atoms with Gasteiger partial charge in [-0.05, 0) is 44.7 Å². The van der Waals surface area contributed by atoms with Gasteiger partial charge < -0.3 is 14.6 Å². The lowest BCUT2D eigenvalue weighted by atomic mass is 10.1. The highest BCUT2D eigenvalue weighted by molar-refractivity contribution is 5.42. The Balaban J connectivity index is 2.15. The maximum absolute atomic E-state index is 5.32. The second kappa shape index (κ2) is 5.89. The summed E-state index contributed by atoms with van der Waals surface area (Å²) in [5.74, 6) is 1.94. The van der Waals surface area contributed by atoms with Gasteiger partial charge in [-0.2, -0.15) is 0 Å². The van der Waals surface area contributed by atoms with Crippen molar-refractivity contribution in [3.63, 3.8) is 0 Å². The molecule has 0 saturated carbocycles. The molecule has 2 aromatic rings. The number of aromatic nitrogens is 1. The third-order valence-corrected chi connectivity index (χ3v) is 3.47. The Bertz CT molecular complexity index is 536. The van der Waals surface area contributed by atoms with E-state index in [-0.39, 0.29) is 0 Å². The van der Waals surface area contributed by atoms with Crippen LogP contribution in [0.2, 0.25) is 0 Å². The van der Waals surface area contributed by atoms with E-state index < -0.39 is 0 Å². The van der Waals surface area contributed by atoms with E-state index in [1.54, 1.807) is 6.26 Å². The van der Waals surface area contributed by atoms with Gasteiger partial charge >= 0.3 is 0 Å². The van der Waals surface area contributed by atoms with Crippen LogP contribution in [0, 0.1) is 6.92 Å². The van der Waals surface area contributed by atoms with Gasteiger partial charge in [-0.25, -0.2) is 4.98 Å². The van der Waals surface area contributed by atoms with Crippen LogP contribution < -0.4 is 10.2 Å². The lowest BCUT2D eigenvalue weighted by Gasteiger charge is -2.19. The van der Waals surface area contributed by atoms with Crippen LogP contribution in [0.3, 0.4) is 0 Å². The van der Waals surface area contributed by atoms with E-state index in [9.17, 15) is 0 Å². The fourth-order valence-corrected chi connectivity index (χ4v) is 1.99. The summed E-state index contributed by atoms with van der Waals surface area (Å²) in [6, 6.07) is 6.50. The first kappa shape index (κ1) is 13.6. The molecule has 0 aromatic carbocycles. The summed E-state index contributed by atoms with van der Waals surface area (Å²) in [4.78, 5) is 6.56. The molecule has 0 spiro atoms. The summed E-state index contributed by atoms with van der Waals surface area (Å²) in [5.41, 5.74) is 2.43. The number of pyridine rings is 1. The van der Waals surface area contributed by atoms with Gasteiger partial charge in [0, 0.05) is 31.4 Å². The molecule has 0 bridgehead atoms. The summed E-state index contributed by atoms with van der Waals surface area (Å²) >= 11 is 0. The number of nitrogens with zero attached hydrogens (tertiary/aromatic N) is 2. The van der Waals surface area contributed by atoms with Crippen molar-refractivity contribution in [3.05, 3.63) is 47.5 Å². The van der Waals surface area contributed by atoms with E-state index in [4.69, 9.17) is 4.42 Å². The maximum atomic E-state index is 5.32. The molecule has 19 heavy (non-hydrogen) atoms. The molecule has 0 aliphatic rings. The van der Waals surface area contributed by atoms with Gasteiger partial charge in [-0.1, -0.05) is 0 Å². The summed E-state index contributed by atoms with van der Waals surface area (Å²) in [6.07, 6.45) is 3.59. The first-order chi connectivity index (χ1) is 9.11. The van der Waals surface area contributed by atoms with Crippen LogP contribution in [0.15, 0.2) is 35.1 Å². The number of anilines is 1. The number of furan rings is 1. The number of hydrogen-bond donors (Lipinski definition) is 1. The molecule has 1 N–H and O–H groups in total. The quantitative estimate of drug-likeness (QED) is 0.896. The highest BCUT2D eigenvalue weighted by Gasteiger charge is 2.09. The second-order valence-electron chi connectivity index (χ2n) is 4.82. The van der Waals surface area contributed by atoms with E-state index >= 15 is 0 Å². The summed E-state index contributed by atoms with van der Waals surface area (Å²) in [7, 11) is 4.01. The molecule has 4 heteroatoms. The van der Waals surface area contributed by atoms with Crippen molar-refractivity contribution in [2.75, 3.05) is 19.0 Å². The second-order valence-corrected chi connectivity index (χ2v) is 4.82. The normalized spacial score (nSPS) is 12.4. The van der Waals surface area contributed by atoms with Crippen molar-refractivity contribution in [2.24, 2.45) is 0 Å². The van der Waals surface area contributed by atoms with Crippen LogP contribution in [-0.2, 0) is 6.54 Å². The molecule has 102 valence electrons. The standard InChI is InChI=1S/C15H21N3O/c1-11(16-3)13-5-7-17-15(9-13)18(4)10-14-6-8-19-12(14)2/h5-9,11,16H,10H2,1-4H3. The lowest BCUT2D eigenvalue weighted by molar-refractivity contribution is 0.529. The molecule has 4 nitrogen and oxygen atoms in total. The minimum absolute atomic E-state index is 0.325. The largest absolute Gasteiger partial charge is 0.469 e. The Hall–Kier alpha value is -1.81. The number of rotatable bonds is 5. The molecule has 0 saturated heterocycles. The molecule has 0 aliphatic carbocycles. The smallest absolute Gasteiger partial charge is 0.128 e. The molecule has 1 unspecified atom stereocenters. The van der Waals surface area contributed by atoms with Crippen LogP contribution in [0.4, 0.5) is 5.82 Å². The van der Waals surface area contributed by atoms with Crippen molar-refractivity contribution in [3.8, 4) is 0 Å². The van der Waals surface area contributed by atoms with Crippen LogP contribution in [0.25, 0.3) is 0 Å². The number of aryl methyl sites for hydroxylation is 1. The van der Waals surface area contributed by atoms with Gasteiger partial charge in [0.25, 0.3) is 0 Å². The monoisotopic (exact) mass is 259 g/mol. The fourth-order valence-electron chi connectivity index (χ4n) is 1.99. The van der Waals surface area contributed by atoms with Crippen molar-refractivity contribution >= 4 is 5.82 Å². The fraction of sp³-hybridized carbons (Fsp3) is 0.400. The number of hydrogen-bond acceptors (Lipinski definition) is 4. The number of nitrogens with one attached hydrogen (secondary N) is 1. The van der Waals surface area contributed by atoms with Gasteiger partial charge in [-0.15, -0.1) is 0 Å². The maximum Gasteiger partial charge on any atom is 0.128 e. The highest BCUT2D eigenvalue weighted by Crippen LogP contribution is 2.19. The van der Waals surface area contributed by atoms with Crippen molar-refractivity contribution in [2.45, 2.75) is 26.4 Å². The molecule has 0 amide bonds. The van der Waals surface area contributed by atoms with E-state index in [0.717, 1.165) is 18.1 Å². The summed E-state index contributed by atoms with van der Waals surface area (Å²) in [5, 5.41) is 3.24. The Morgan fingerprint density at radius 1 is 1.42 bits per heavy atom. The van der Waals surface area contributed by atoms with Crippen molar-refractivity contribution in [1.82, 2.24) is 10.3 Å². The summed E-state index contributed by atoms with van der Waals surface area (Å²) < 4.78 is 5.32. The van der Waals surface area contributed by atoms with Crippen LogP contribution >= 0.6 is 0 Å². The molecule has 2 aromatic heterocycles. The topological polar surface area (TPSA) is 41.3 Å². The van der Waals surface area contributed by atoms with Gasteiger partial charge in [-0.3, -0.25) is 0 Å². The van der Waals surface area contributed by atoms with E-state index in [0.29, 0.717) is 6.04 Å². The molecule has 0 fully saturated rings. The van der Waals surface area contributed by atoms with E-state index in [2.05, 4.69) is 28.2 Å². The van der Waals surface area contributed by atoms with Gasteiger partial charge in [0.15, 0.2) is 0 Å². The van der Waals surface area contributed by atoms with Crippen LogP contribution in [0.5, 0.6) is 0 Å². The van der Waals surface area contributed by atoms with Crippen molar-refractivity contribution in [1.29, 1.82) is 0 Å². The molecular weight excluding hydrogens is 238 g/mol. The predicted molar refractivity (Wildman–Crippen MR) is 77.3 cm³/mol. The zero-order chi connectivity index (χ0) is 13.8. The SMILES string of the molecule is CNC(C)c1ccnc(N(C)Cc2ccoc2C)c1. The lowest BCUT2D eigenvalue weighted by Crippen LogP contribution is -2.19. The Morgan fingerprint density at radius 2 is 2.21 bits per heavy atom. The van der Waals surface area contributed by atoms with Crippen molar-refractivity contribution < 1.29 is 4.42 Å². The molecular formula is C15H21N3O. The van der Waals surface area contributed by atoms with Crippen LogP contribution in [0.1, 0.15) is 29.9 Å². The minimum atomic E-state index is 0.325. The minimum Gasteiger partial charge on any atom is -0.469 e. The first-order valence-electron chi connectivity index (χ1n) is 6.49. The van der Waals surface area contributed by atoms with E-state index in [1.165, 1.54) is 11.1 Å². The average molecular weight is 259 g/mol. The van der Waals surface area contributed by atoms with Gasteiger partial charge in [0.05, 0.1) is 6.26 Å². The third-order valence-electron chi connectivity index (χ3n) is 3.47. The Kier molecular flexibility index (Phi) is 4.22. The molecule has 2 heterocycles.